The molecule has 0 saturated heterocycles. The van der Waals surface area contributed by atoms with Gasteiger partial charge in [-0.2, -0.15) is 0 Å². The predicted molar refractivity (Wildman–Crippen MR) is 100 cm³/mol. The Kier molecular flexibility index (Phi) is 5.14. The number of aromatic amines is 1. The van der Waals surface area contributed by atoms with Crippen molar-refractivity contribution in [1.29, 1.82) is 0 Å². The lowest BCUT2D eigenvalue weighted by molar-refractivity contribution is -0.856. The van der Waals surface area contributed by atoms with Crippen molar-refractivity contribution in [3.63, 3.8) is 0 Å². The largest absolute Gasteiger partial charge is 0.462 e. The van der Waals surface area contributed by atoms with Crippen LogP contribution in [0, 0.1) is 0 Å². The maximum atomic E-state index is 12.4. The van der Waals surface area contributed by atoms with Crippen molar-refractivity contribution in [3.05, 3.63) is 48.2 Å². The smallest absolute Gasteiger partial charge is 0.346 e. The third kappa shape index (κ3) is 3.56. The summed E-state index contributed by atoms with van der Waals surface area (Å²) in [6, 6.07) is 12.4. The Bertz CT molecular complexity index is 906. The lowest BCUT2D eigenvalue weighted by Crippen LogP contribution is -3.06. The van der Waals surface area contributed by atoms with E-state index in [1.165, 1.54) is 10.3 Å². The summed E-state index contributed by atoms with van der Waals surface area (Å²) in [5.41, 5.74) is 2.39. The fourth-order valence-corrected chi connectivity index (χ4v) is 2.99. The number of rotatable bonds is 6. The molecule has 0 fully saturated rings. The van der Waals surface area contributed by atoms with E-state index in [-0.39, 0.29) is 5.97 Å². The first-order chi connectivity index (χ1) is 12.1. The number of H-pyrrole nitrogens is 1. The predicted octanol–water partition coefficient (Wildman–Crippen LogP) is 1.54. The number of anilines is 1. The highest BCUT2D eigenvalue weighted by molar-refractivity contribution is 6.11. The van der Waals surface area contributed by atoms with Gasteiger partial charge in [0.05, 0.1) is 50.3 Å². The van der Waals surface area contributed by atoms with Crippen LogP contribution in [0.1, 0.15) is 17.3 Å². The van der Waals surface area contributed by atoms with Gasteiger partial charge in [0, 0.05) is 0 Å². The molecule has 0 amide bonds. The minimum Gasteiger partial charge on any atom is -0.462 e. The number of fused-ring (bicyclic) bond motifs is 3. The van der Waals surface area contributed by atoms with E-state index in [0.29, 0.717) is 12.2 Å². The van der Waals surface area contributed by atoms with Crippen molar-refractivity contribution < 1.29 is 19.4 Å². The minimum atomic E-state index is -0.312. The number of ether oxygens (including phenoxy) is 1. The number of hydrogen-bond donors (Lipinski definition) is 2. The van der Waals surface area contributed by atoms with Crippen molar-refractivity contribution in [2.45, 2.75) is 6.92 Å². The Morgan fingerprint density at radius 3 is 2.72 bits per heavy atom. The molecule has 2 aromatic carbocycles. The first kappa shape index (κ1) is 17.2. The number of quaternary nitrogens is 1. The zero-order valence-corrected chi connectivity index (χ0v) is 15.0. The molecule has 0 aliphatic rings. The van der Waals surface area contributed by atoms with Gasteiger partial charge >= 0.3 is 5.97 Å². The molecule has 0 saturated carbocycles. The third-order valence-corrected chi connectivity index (χ3v) is 4.25. The second kappa shape index (κ2) is 7.49. The maximum absolute atomic E-state index is 12.4. The number of benzene rings is 2. The molecule has 25 heavy (non-hydrogen) atoms. The Labute approximate surface area is 147 Å². The van der Waals surface area contributed by atoms with Crippen molar-refractivity contribution >= 4 is 33.3 Å². The van der Waals surface area contributed by atoms with Crippen LogP contribution in [0.2, 0.25) is 0 Å². The van der Waals surface area contributed by atoms with Crippen LogP contribution in [0.15, 0.2) is 42.6 Å². The molecule has 0 spiro atoms. The van der Waals surface area contributed by atoms with Crippen LogP contribution < -0.4 is 15.2 Å². The summed E-state index contributed by atoms with van der Waals surface area (Å²) in [4.78, 5) is 17.0. The molecule has 1 heterocycles. The van der Waals surface area contributed by atoms with Gasteiger partial charge in [-0.25, -0.2) is 9.78 Å². The van der Waals surface area contributed by atoms with Gasteiger partial charge in [-0.1, -0.05) is 24.3 Å². The minimum absolute atomic E-state index is 0.312. The molecule has 0 aliphatic carbocycles. The SMILES string of the molecule is CCOC(=O)c1c[nH+]c2c(ccc3ccccc32)c1NCC[NH+](C)C. The van der Waals surface area contributed by atoms with Gasteiger partial charge < -0.3 is 15.0 Å². The lowest BCUT2D eigenvalue weighted by atomic mass is 10.0. The van der Waals surface area contributed by atoms with Crippen LogP contribution in [0.4, 0.5) is 5.69 Å². The number of hydrogen-bond acceptors (Lipinski definition) is 3. The molecular weight excluding hydrogens is 314 g/mol. The molecule has 0 aliphatic heterocycles. The van der Waals surface area contributed by atoms with Crippen LogP contribution in [-0.2, 0) is 4.74 Å². The van der Waals surface area contributed by atoms with E-state index in [0.717, 1.165) is 35.1 Å². The van der Waals surface area contributed by atoms with E-state index < -0.39 is 0 Å². The molecule has 130 valence electrons. The quantitative estimate of drug-likeness (QED) is 0.529. The molecule has 1 aromatic heterocycles. The van der Waals surface area contributed by atoms with Gasteiger partial charge in [0.25, 0.3) is 0 Å². The van der Waals surface area contributed by atoms with E-state index in [1.807, 2.05) is 19.1 Å². The highest BCUT2D eigenvalue weighted by Gasteiger charge is 2.21. The average Bonchev–Trinajstić information content (AvgIpc) is 2.61. The zero-order valence-electron chi connectivity index (χ0n) is 15.0. The lowest BCUT2D eigenvalue weighted by Gasteiger charge is -2.13. The van der Waals surface area contributed by atoms with Crippen LogP contribution >= 0.6 is 0 Å². The number of esters is 1. The number of aromatic nitrogens is 1. The van der Waals surface area contributed by atoms with Gasteiger partial charge in [0.15, 0.2) is 6.20 Å². The first-order valence-electron chi connectivity index (χ1n) is 8.68. The second-order valence-electron chi connectivity index (χ2n) is 6.39. The number of pyridine rings is 1. The monoisotopic (exact) mass is 339 g/mol. The van der Waals surface area contributed by atoms with Crippen molar-refractivity contribution in [2.75, 3.05) is 39.1 Å². The summed E-state index contributed by atoms with van der Waals surface area (Å²) in [7, 11) is 4.22. The Morgan fingerprint density at radius 2 is 1.96 bits per heavy atom. The topological polar surface area (TPSA) is 56.9 Å². The summed E-state index contributed by atoms with van der Waals surface area (Å²) in [6.07, 6.45) is 1.75. The molecule has 3 aromatic rings. The van der Waals surface area contributed by atoms with Crippen molar-refractivity contribution in [1.82, 2.24) is 0 Å². The van der Waals surface area contributed by atoms with Crippen LogP contribution in [0.25, 0.3) is 21.7 Å². The molecule has 0 bridgehead atoms. The van der Waals surface area contributed by atoms with Crippen molar-refractivity contribution in [2.24, 2.45) is 0 Å². The molecular formula is C20H25N3O2+2. The fourth-order valence-electron chi connectivity index (χ4n) is 2.99. The Morgan fingerprint density at radius 1 is 1.16 bits per heavy atom. The second-order valence-corrected chi connectivity index (χ2v) is 6.39. The highest BCUT2D eigenvalue weighted by atomic mass is 16.5. The summed E-state index contributed by atoms with van der Waals surface area (Å²) in [6.45, 7) is 3.91. The van der Waals surface area contributed by atoms with E-state index in [4.69, 9.17) is 4.74 Å². The summed E-state index contributed by atoms with van der Waals surface area (Å²) >= 11 is 0. The van der Waals surface area contributed by atoms with Crippen LogP contribution in [0.5, 0.6) is 0 Å². The number of likely N-dealkylation sites (N-methyl/N-ethyl adjacent to an activating group) is 1. The fraction of sp³-hybridized carbons (Fsp3) is 0.300. The van der Waals surface area contributed by atoms with Gasteiger partial charge in [-0.15, -0.1) is 0 Å². The molecule has 5 nitrogen and oxygen atoms in total. The summed E-state index contributed by atoms with van der Waals surface area (Å²) < 4.78 is 5.23. The van der Waals surface area contributed by atoms with Crippen molar-refractivity contribution in [3.8, 4) is 0 Å². The maximum Gasteiger partial charge on any atom is 0.346 e. The normalized spacial score (nSPS) is 11.2. The Hall–Kier alpha value is -2.66. The van der Waals surface area contributed by atoms with E-state index in [2.05, 4.69) is 48.7 Å². The number of carbonyl (C=O) groups is 1. The van der Waals surface area contributed by atoms with Gasteiger partial charge in [0.1, 0.15) is 5.56 Å². The standard InChI is InChI=1S/C20H23N3O2/c1-4-25-20(24)17-13-22-18-15-8-6-5-7-14(15)9-10-16(18)19(17)21-11-12-23(2)3/h5-10,13H,4,11-12H2,1-3H3,(H,21,22)/p+2. The molecule has 5 heteroatoms. The van der Waals surface area contributed by atoms with E-state index >= 15 is 0 Å². The van der Waals surface area contributed by atoms with E-state index in [9.17, 15) is 4.79 Å². The van der Waals surface area contributed by atoms with Gasteiger partial charge in [-0.05, 0) is 24.4 Å². The number of carbonyl (C=O) groups excluding carboxylic acids is 1. The van der Waals surface area contributed by atoms with Gasteiger partial charge in [-0.3, -0.25) is 0 Å². The first-order valence-corrected chi connectivity index (χ1v) is 8.68. The van der Waals surface area contributed by atoms with Crippen LogP contribution in [-0.4, -0.2) is 39.8 Å². The number of nitrogens with one attached hydrogen (secondary N) is 3. The highest BCUT2D eigenvalue weighted by Crippen LogP contribution is 2.29. The average molecular weight is 339 g/mol. The molecule has 3 rings (SSSR count). The third-order valence-electron chi connectivity index (χ3n) is 4.25. The molecule has 0 atom stereocenters. The summed E-state index contributed by atoms with van der Waals surface area (Å²) in [5.74, 6) is -0.312. The van der Waals surface area contributed by atoms with Crippen LogP contribution in [0.3, 0.4) is 0 Å². The molecule has 0 radical (unpaired) electrons. The molecule has 0 unspecified atom stereocenters. The van der Waals surface area contributed by atoms with Gasteiger partial charge in [0.2, 0.25) is 5.52 Å². The Balaban J connectivity index is 2.14. The summed E-state index contributed by atoms with van der Waals surface area (Å²) in [5, 5.41) is 6.75. The zero-order chi connectivity index (χ0) is 17.8. The van der Waals surface area contributed by atoms with E-state index in [1.54, 1.807) is 6.20 Å². The molecule has 3 N–H and O–H groups in total.